The summed E-state index contributed by atoms with van der Waals surface area (Å²) >= 11 is 0. The van der Waals surface area contributed by atoms with E-state index in [4.69, 9.17) is 5.73 Å². The van der Waals surface area contributed by atoms with E-state index < -0.39 is 0 Å². The zero-order chi connectivity index (χ0) is 18.6. The Hall–Kier alpha value is -2.47. The van der Waals surface area contributed by atoms with E-state index in [9.17, 15) is 4.79 Å². The van der Waals surface area contributed by atoms with Crippen molar-refractivity contribution >= 4 is 11.7 Å². The van der Waals surface area contributed by atoms with Crippen LogP contribution in [0.15, 0.2) is 42.7 Å². The van der Waals surface area contributed by atoms with Gasteiger partial charge in [0.15, 0.2) is 0 Å². The maximum atomic E-state index is 12.6. The number of likely N-dealkylation sites (tertiary alicyclic amines) is 2. The van der Waals surface area contributed by atoms with Crippen LogP contribution >= 0.6 is 0 Å². The molecule has 0 aliphatic carbocycles. The van der Waals surface area contributed by atoms with E-state index in [0.717, 1.165) is 56.7 Å². The van der Waals surface area contributed by atoms with Gasteiger partial charge < -0.3 is 10.6 Å². The molecule has 4 heterocycles. The lowest BCUT2D eigenvalue weighted by molar-refractivity contribution is -0.141. The van der Waals surface area contributed by atoms with Gasteiger partial charge in [-0.1, -0.05) is 12.1 Å². The third kappa shape index (κ3) is 4.11. The van der Waals surface area contributed by atoms with Crippen LogP contribution in [0.1, 0.15) is 30.5 Å². The predicted octanol–water partition coefficient (Wildman–Crippen LogP) is 2.11. The third-order valence-electron chi connectivity index (χ3n) is 5.88. The van der Waals surface area contributed by atoms with E-state index >= 15 is 0 Å². The summed E-state index contributed by atoms with van der Waals surface area (Å²) in [5.74, 6) is 1.46. The molecule has 2 aromatic heterocycles. The number of fused-ring (bicyclic) bond motifs is 1. The molecule has 2 atom stereocenters. The van der Waals surface area contributed by atoms with Crippen molar-refractivity contribution in [2.24, 2.45) is 5.92 Å². The van der Waals surface area contributed by atoms with Crippen LogP contribution in [0, 0.1) is 5.92 Å². The number of piperidine rings is 2. The van der Waals surface area contributed by atoms with Crippen LogP contribution in [-0.4, -0.2) is 51.4 Å². The van der Waals surface area contributed by atoms with Gasteiger partial charge >= 0.3 is 0 Å². The highest BCUT2D eigenvalue weighted by molar-refractivity contribution is 5.77. The number of amides is 1. The normalized spacial score (nSPS) is 23.3. The number of nitrogen functional groups attached to an aromatic ring is 1. The molecule has 0 radical (unpaired) electrons. The standard InChI is InChI=1S/C21H27N5O/c22-21-17(4-3-11-24-21)15-25-12-9-19-16(14-25)6-7-20(27)26(19)13-8-18-5-1-2-10-23-18/h1-5,10-11,16,19H,6-9,12-15H2,(H2,22,24)/t16-,19+/m0/s1. The molecule has 1 amide bonds. The average molecular weight is 365 g/mol. The number of anilines is 1. The molecule has 2 aliphatic rings. The fourth-order valence-corrected chi connectivity index (χ4v) is 4.47. The topological polar surface area (TPSA) is 75.3 Å². The third-order valence-corrected chi connectivity index (χ3v) is 5.88. The summed E-state index contributed by atoms with van der Waals surface area (Å²) in [6.45, 7) is 3.62. The lowest BCUT2D eigenvalue weighted by atomic mass is 9.83. The molecular formula is C21H27N5O. The van der Waals surface area contributed by atoms with Crippen molar-refractivity contribution in [1.82, 2.24) is 19.8 Å². The molecule has 27 heavy (non-hydrogen) atoms. The molecule has 0 spiro atoms. The quantitative estimate of drug-likeness (QED) is 0.878. The maximum Gasteiger partial charge on any atom is 0.222 e. The molecule has 0 unspecified atom stereocenters. The van der Waals surface area contributed by atoms with Gasteiger partial charge in [0, 0.05) is 68.7 Å². The summed E-state index contributed by atoms with van der Waals surface area (Å²) in [6.07, 6.45) is 7.05. The first kappa shape index (κ1) is 17.9. The number of nitrogens with zero attached hydrogens (tertiary/aromatic N) is 4. The van der Waals surface area contributed by atoms with E-state index in [-0.39, 0.29) is 0 Å². The van der Waals surface area contributed by atoms with E-state index in [1.165, 1.54) is 0 Å². The van der Waals surface area contributed by atoms with Crippen molar-refractivity contribution in [3.63, 3.8) is 0 Å². The Morgan fingerprint density at radius 2 is 2.00 bits per heavy atom. The van der Waals surface area contributed by atoms with Gasteiger partial charge in [-0.25, -0.2) is 4.98 Å². The highest BCUT2D eigenvalue weighted by atomic mass is 16.2. The van der Waals surface area contributed by atoms with E-state index in [2.05, 4.69) is 25.8 Å². The molecule has 0 bridgehead atoms. The highest BCUT2D eigenvalue weighted by Crippen LogP contribution is 2.32. The zero-order valence-electron chi connectivity index (χ0n) is 15.6. The fraction of sp³-hybridized carbons (Fsp3) is 0.476. The molecule has 2 N–H and O–H groups in total. The molecule has 2 aromatic rings. The van der Waals surface area contributed by atoms with Gasteiger partial charge in [-0.15, -0.1) is 0 Å². The van der Waals surface area contributed by atoms with Gasteiger partial charge in [-0.3, -0.25) is 14.7 Å². The van der Waals surface area contributed by atoms with Crippen LogP contribution in [0.4, 0.5) is 5.82 Å². The summed E-state index contributed by atoms with van der Waals surface area (Å²) < 4.78 is 0. The van der Waals surface area contributed by atoms with Gasteiger partial charge in [0.2, 0.25) is 5.91 Å². The zero-order valence-corrected chi connectivity index (χ0v) is 15.6. The van der Waals surface area contributed by atoms with Crippen molar-refractivity contribution < 1.29 is 4.79 Å². The molecule has 142 valence electrons. The van der Waals surface area contributed by atoms with Gasteiger partial charge in [-0.05, 0) is 37.0 Å². The minimum atomic E-state index is 0.303. The summed E-state index contributed by atoms with van der Waals surface area (Å²) in [7, 11) is 0. The molecule has 0 aromatic carbocycles. The average Bonchev–Trinajstić information content (AvgIpc) is 2.70. The second kappa shape index (κ2) is 8.05. The number of aromatic nitrogens is 2. The van der Waals surface area contributed by atoms with Crippen molar-refractivity contribution in [3.05, 3.63) is 54.0 Å². The highest BCUT2D eigenvalue weighted by Gasteiger charge is 2.39. The predicted molar refractivity (Wildman–Crippen MR) is 105 cm³/mol. The van der Waals surface area contributed by atoms with E-state index in [1.54, 1.807) is 6.20 Å². The SMILES string of the molecule is Nc1ncccc1CN1CC[C@@H]2[C@@H](CCC(=O)N2CCc2ccccn2)C1. The van der Waals surface area contributed by atoms with Crippen LogP contribution in [-0.2, 0) is 17.8 Å². The monoisotopic (exact) mass is 365 g/mol. The van der Waals surface area contributed by atoms with Crippen LogP contribution in [0.3, 0.4) is 0 Å². The molecule has 6 nitrogen and oxygen atoms in total. The Kier molecular flexibility index (Phi) is 5.34. The molecule has 6 heteroatoms. The Bertz CT molecular complexity index is 781. The number of hydrogen-bond donors (Lipinski definition) is 1. The van der Waals surface area contributed by atoms with Gasteiger partial charge in [-0.2, -0.15) is 0 Å². The van der Waals surface area contributed by atoms with Crippen molar-refractivity contribution in [1.29, 1.82) is 0 Å². The number of carbonyl (C=O) groups is 1. The van der Waals surface area contributed by atoms with Crippen molar-refractivity contribution in [2.75, 3.05) is 25.4 Å². The Labute approximate surface area is 160 Å². The summed E-state index contributed by atoms with van der Waals surface area (Å²) in [4.78, 5) is 25.7. The van der Waals surface area contributed by atoms with Crippen LogP contribution in [0.2, 0.25) is 0 Å². The summed E-state index contributed by atoms with van der Waals surface area (Å²) in [5.41, 5.74) is 8.15. The number of carbonyl (C=O) groups excluding carboxylic acids is 1. The Morgan fingerprint density at radius 1 is 1.11 bits per heavy atom. The van der Waals surface area contributed by atoms with Gasteiger partial charge in [0.1, 0.15) is 5.82 Å². The van der Waals surface area contributed by atoms with Gasteiger partial charge in [0.05, 0.1) is 0 Å². The van der Waals surface area contributed by atoms with Crippen LogP contribution < -0.4 is 5.73 Å². The second-order valence-corrected chi connectivity index (χ2v) is 7.60. The fourth-order valence-electron chi connectivity index (χ4n) is 4.47. The molecule has 4 rings (SSSR count). The largest absolute Gasteiger partial charge is 0.383 e. The molecule has 2 saturated heterocycles. The lowest BCUT2D eigenvalue weighted by Gasteiger charge is -2.47. The van der Waals surface area contributed by atoms with Gasteiger partial charge in [0.25, 0.3) is 0 Å². The Morgan fingerprint density at radius 3 is 2.81 bits per heavy atom. The minimum absolute atomic E-state index is 0.303. The number of nitrogens with two attached hydrogens (primary N) is 1. The van der Waals surface area contributed by atoms with Crippen molar-refractivity contribution in [3.8, 4) is 0 Å². The summed E-state index contributed by atoms with van der Waals surface area (Å²) in [6, 6.07) is 10.3. The molecule has 2 aliphatic heterocycles. The smallest absolute Gasteiger partial charge is 0.222 e. The van der Waals surface area contributed by atoms with Crippen LogP contribution in [0.25, 0.3) is 0 Å². The van der Waals surface area contributed by atoms with E-state index in [0.29, 0.717) is 30.1 Å². The number of pyridine rings is 2. The van der Waals surface area contributed by atoms with Crippen molar-refractivity contribution in [2.45, 2.75) is 38.3 Å². The molecular weight excluding hydrogens is 338 g/mol. The molecule has 2 fully saturated rings. The van der Waals surface area contributed by atoms with Crippen LogP contribution in [0.5, 0.6) is 0 Å². The first-order valence-corrected chi connectivity index (χ1v) is 9.82. The van der Waals surface area contributed by atoms with E-state index in [1.807, 2.05) is 30.5 Å². The second-order valence-electron chi connectivity index (χ2n) is 7.60. The molecule has 0 saturated carbocycles. The minimum Gasteiger partial charge on any atom is -0.383 e. The maximum absolute atomic E-state index is 12.6. The summed E-state index contributed by atoms with van der Waals surface area (Å²) in [5, 5.41) is 0. The number of hydrogen-bond acceptors (Lipinski definition) is 5. The first-order valence-electron chi connectivity index (χ1n) is 9.82. The number of rotatable bonds is 5. The lowest BCUT2D eigenvalue weighted by Crippen LogP contribution is -2.56. The first-order chi connectivity index (χ1) is 13.2. The Balaban J connectivity index is 1.38.